The van der Waals surface area contributed by atoms with Gasteiger partial charge in [-0.15, -0.1) is 0 Å². The predicted molar refractivity (Wildman–Crippen MR) is 151 cm³/mol. The van der Waals surface area contributed by atoms with E-state index in [9.17, 15) is 14.9 Å². The Morgan fingerprint density at radius 1 is 1.18 bits per heavy atom. The van der Waals surface area contributed by atoms with Crippen LogP contribution in [-0.4, -0.2) is 87.0 Å². The molecule has 0 bridgehead atoms. The summed E-state index contributed by atoms with van der Waals surface area (Å²) in [5.74, 6) is 0.348. The lowest BCUT2D eigenvalue weighted by atomic mass is 10.1. The number of imidazole rings is 1. The number of nitro groups is 1. The number of carbonyl (C=O) groups excluding carboxylic acids is 1. The minimum atomic E-state index is -1.23. The SMILES string of the molecule is CC(C)(C)OC(=O)N1CCN(Cc2ccc3nc(-c4nn(COCC[Si](C)(C)C)cc4[N+](=O)[O-])[nH]c3c2)CC1. The smallest absolute Gasteiger partial charge is 0.410 e. The van der Waals surface area contributed by atoms with Crippen LogP contribution in [0.1, 0.15) is 26.3 Å². The summed E-state index contributed by atoms with van der Waals surface area (Å²) < 4.78 is 12.6. The third kappa shape index (κ3) is 7.86. The normalized spacial score (nSPS) is 15.2. The number of hydrogen-bond donors (Lipinski definition) is 1. The zero-order chi connectivity index (χ0) is 28.4. The van der Waals surface area contributed by atoms with Gasteiger partial charge in [0.05, 0.1) is 16.0 Å². The Bertz CT molecular complexity index is 1320. The standard InChI is InChI=1S/C26H39N7O5Si/c1-26(2,3)38-25(34)31-11-9-30(10-12-31)16-19-7-8-20-21(15-19)28-24(27-20)23-22(33(35)36)17-32(29-23)18-37-13-14-39(4,5)6/h7-8,15,17H,9-14,16,18H2,1-6H3,(H,27,28). The summed E-state index contributed by atoms with van der Waals surface area (Å²) in [6.07, 6.45) is 1.11. The van der Waals surface area contributed by atoms with Gasteiger partial charge >= 0.3 is 11.8 Å². The van der Waals surface area contributed by atoms with Gasteiger partial charge in [0.25, 0.3) is 0 Å². The van der Waals surface area contributed by atoms with E-state index in [-0.39, 0.29) is 24.2 Å². The van der Waals surface area contributed by atoms with Crippen molar-refractivity contribution in [1.29, 1.82) is 0 Å². The van der Waals surface area contributed by atoms with E-state index in [1.165, 1.54) is 10.9 Å². The Kier molecular flexibility index (Phi) is 8.42. The number of aromatic amines is 1. The van der Waals surface area contributed by atoms with Gasteiger partial charge < -0.3 is 19.4 Å². The van der Waals surface area contributed by atoms with Crippen LogP contribution in [0.4, 0.5) is 10.5 Å². The Labute approximate surface area is 229 Å². The van der Waals surface area contributed by atoms with Crippen molar-refractivity contribution in [1.82, 2.24) is 29.5 Å². The van der Waals surface area contributed by atoms with Crippen LogP contribution in [0.25, 0.3) is 22.6 Å². The second-order valence-corrected chi connectivity index (χ2v) is 17.8. The predicted octanol–water partition coefficient (Wildman–Crippen LogP) is 4.70. The molecule has 39 heavy (non-hydrogen) atoms. The van der Waals surface area contributed by atoms with E-state index in [4.69, 9.17) is 9.47 Å². The fourth-order valence-electron chi connectivity index (χ4n) is 4.26. The second-order valence-electron chi connectivity index (χ2n) is 12.2. The third-order valence-electron chi connectivity index (χ3n) is 6.36. The van der Waals surface area contributed by atoms with Crippen molar-refractivity contribution in [3.63, 3.8) is 0 Å². The van der Waals surface area contributed by atoms with E-state index in [1.807, 2.05) is 39.0 Å². The molecule has 0 atom stereocenters. The van der Waals surface area contributed by atoms with E-state index >= 15 is 0 Å². The van der Waals surface area contributed by atoms with Crippen LogP contribution < -0.4 is 0 Å². The number of aromatic nitrogens is 4. The molecule has 1 N–H and O–H groups in total. The van der Waals surface area contributed by atoms with E-state index in [0.29, 0.717) is 31.0 Å². The molecule has 0 radical (unpaired) electrons. The number of hydrogen-bond acceptors (Lipinski definition) is 8. The lowest BCUT2D eigenvalue weighted by Gasteiger charge is -2.35. The highest BCUT2D eigenvalue weighted by atomic mass is 28.3. The molecule has 0 spiro atoms. The Hall–Kier alpha value is -3.29. The molecule has 1 saturated heterocycles. The van der Waals surface area contributed by atoms with Gasteiger partial charge in [-0.2, -0.15) is 5.10 Å². The van der Waals surface area contributed by atoms with Crippen LogP contribution in [0.5, 0.6) is 0 Å². The molecule has 0 saturated carbocycles. The number of nitrogens with one attached hydrogen (secondary N) is 1. The molecule has 2 aromatic heterocycles. The Morgan fingerprint density at radius 3 is 2.54 bits per heavy atom. The first-order valence-electron chi connectivity index (χ1n) is 13.3. The van der Waals surface area contributed by atoms with Crippen LogP contribution in [0.3, 0.4) is 0 Å². The summed E-state index contributed by atoms with van der Waals surface area (Å²) in [5.41, 5.74) is 2.13. The Morgan fingerprint density at radius 2 is 1.90 bits per heavy atom. The van der Waals surface area contributed by atoms with E-state index in [2.05, 4.69) is 39.6 Å². The minimum Gasteiger partial charge on any atom is -0.444 e. The van der Waals surface area contributed by atoms with Gasteiger partial charge in [0.1, 0.15) is 18.5 Å². The highest BCUT2D eigenvalue weighted by Crippen LogP contribution is 2.28. The maximum absolute atomic E-state index is 12.3. The zero-order valence-corrected chi connectivity index (χ0v) is 24.7. The van der Waals surface area contributed by atoms with Gasteiger partial charge in [-0.1, -0.05) is 25.7 Å². The van der Waals surface area contributed by atoms with Gasteiger partial charge in [0.2, 0.25) is 5.69 Å². The number of ether oxygens (including phenoxy) is 2. The van der Waals surface area contributed by atoms with Gasteiger partial charge in [0, 0.05) is 47.4 Å². The van der Waals surface area contributed by atoms with Crippen molar-refractivity contribution in [2.45, 2.75) is 65.3 Å². The number of nitrogens with zero attached hydrogens (tertiary/aromatic N) is 6. The molecule has 0 unspecified atom stereocenters. The maximum Gasteiger partial charge on any atom is 0.410 e. The quantitative estimate of drug-likeness (QED) is 0.173. The topological polar surface area (TPSA) is 132 Å². The number of carbonyl (C=O) groups is 1. The molecule has 3 aromatic rings. The maximum atomic E-state index is 12.3. The van der Waals surface area contributed by atoms with Gasteiger partial charge in [-0.25, -0.2) is 14.5 Å². The molecule has 0 aliphatic carbocycles. The molecular formula is C26H39N7O5Si. The number of piperazine rings is 1. The van der Waals surface area contributed by atoms with Crippen LogP contribution in [-0.2, 0) is 22.7 Å². The first kappa shape index (κ1) is 28.7. The lowest BCUT2D eigenvalue weighted by Crippen LogP contribution is -2.49. The fourth-order valence-corrected chi connectivity index (χ4v) is 5.01. The highest BCUT2D eigenvalue weighted by molar-refractivity contribution is 6.76. The van der Waals surface area contributed by atoms with Crippen LogP contribution >= 0.6 is 0 Å². The lowest BCUT2D eigenvalue weighted by molar-refractivity contribution is -0.384. The molecule has 1 aromatic carbocycles. The first-order valence-corrected chi connectivity index (χ1v) is 17.0. The average molecular weight is 558 g/mol. The molecule has 4 rings (SSSR count). The van der Waals surface area contributed by atoms with E-state index < -0.39 is 18.6 Å². The molecule has 1 aliphatic rings. The number of fused-ring (bicyclic) bond motifs is 1. The van der Waals surface area contributed by atoms with Crippen LogP contribution in [0.2, 0.25) is 25.7 Å². The van der Waals surface area contributed by atoms with Crippen molar-refractivity contribution in [3.8, 4) is 11.5 Å². The van der Waals surface area contributed by atoms with Crippen LogP contribution in [0, 0.1) is 10.1 Å². The molecule has 1 fully saturated rings. The number of amides is 1. The summed E-state index contributed by atoms with van der Waals surface area (Å²) in [5, 5.41) is 16.1. The monoisotopic (exact) mass is 557 g/mol. The molecule has 212 valence electrons. The van der Waals surface area contributed by atoms with Crippen molar-refractivity contribution in [3.05, 3.63) is 40.1 Å². The summed E-state index contributed by atoms with van der Waals surface area (Å²) >= 11 is 0. The molecule has 13 heteroatoms. The van der Waals surface area contributed by atoms with E-state index in [1.54, 1.807) is 4.90 Å². The van der Waals surface area contributed by atoms with Crippen molar-refractivity contribution in [2.24, 2.45) is 0 Å². The summed E-state index contributed by atoms with van der Waals surface area (Å²) in [6.45, 7) is 16.6. The Balaban J connectivity index is 1.41. The summed E-state index contributed by atoms with van der Waals surface area (Å²) in [4.78, 5) is 35.4. The van der Waals surface area contributed by atoms with E-state index in [0.717, 1.165) is 36.8 Å². The summed E-state index contributed by atoms with van der Waals surface area (Å²) in [7, 11) is -1.23. The summed E-state index contributed by atoms with van der Waals surface area (Å²) in [6, 6.07) is 6.93. The highest BCUT2D eigenvalue weighted by Gasteiger charge is 2.27. The van der Waals surface area contributed by atoms with Crippen molar-refractivity contribution >= 4 is 30.9 Å². The second kappa shape index (κ2) is 11.4. The fraction of sp³-hybridized carbons (Fsp3) is 0.577. The molecular weight excluding hydrogens is 518 g/mol. The largest absolute Gasteiger partial charge is 0.444 e. The van der Waals surface area contributed by atoms with Crippen LogP contribution in [0.15, 0.2) is 24.4 Å². The van der Waals surface area contributed by atoms with Crippen molar-refractivity contribution < 1.29 is 19.2 Å². The minimum absolute atomic E-state index is 0.120. The third-order valence-corrected chi connectivity index (χ3v) is 8.06. The number of benzene rings is 1. The first-order chi connectivity index (χ1) is 18.3. The van der Waals surface area contributed by atoms with Gasteiger partial charge in [-0.3, -0.25) is 15.0 Å². The van der Waals surface area contributed by atoms with Gasteiger partial charge in [0.15, 0.2) is 5.82 Å². The number of H-pyrrole nitrogens is 1. The number of rotatable bonds is 9. The molecule has 1 aliphatic heterocycles. The molecule has 1 amide bonds. The molecule has 12 nitrogen and oxygen atoms in total. The van der Waals surface area contributed by atoms with Crippen molar-refractivity contribution in [2.75, 3.05) is 32.8 Å². The average Bonchev–Trinajstić information content (AvgIpc) is 3.44. The van der Waals surface area contributed by atoms with Gasteiger partial charge in [-0.05, 0) is 44.5 Å². The molecule has 3 heterocycles. The zero-order valence-electron chi connectivity index (χ0n) is 23.7.